The molecule has 7 nitrogen and oxygen atoms in total. The van der Waals surface area contributed by atoms with Gasteiger partial charge in [-0.1, -0.05) is 29.8 Å². The maximum atomic E-state index is 12.2. The minimum absolute atomic E-state index is 0.123. The average molecular weight is 383 g/mol. The molecule has 0 aliphatic heterocycles. The highest BCUT2D eigenvalue weighted by molar-refractivity contribution is 5.88. The quantitative estimate of drug-likeness (QED) is 0.565. The molecule has 0 bridgehead atoms. The van der Waals surface area contributed by atoms with Gasteiger partial charge in [0.2, 0.25) is 0 Å². The Morgan fingerprint density at radius 2 is 2.04 bits per heavy atom. The summed E-state index contributed by atoms with van der Waals surface area (Å²) in [5, 5.41) is 10.2. The van der Waals surface area contributed by atoms with Crippen LogP contribution >= 0.6 is 0 Å². The second-order valence-corrected chi connectivity index (χ2v) is 7.00. The fourth-order valence-electron chi connectivity index (χ4n) is 3.36. The zero-order valence-electron chi connectivity index (χ0n) is 16.0. The van der Waals surface area contributed by atoms with Gasteiger partial charge in [-0.3, -0.25) is 14.4 Å². The van der Waals surface area contributed by atoms with Gasteiger partial charge in [0, 0.05) is 11.9 Å². The molecule has 1 amide bonds. The number of aromatic nitrogens is 2. The van der Waals surface area contributed by atoms with Gasteiger partial charge < -0.3 is 10.1 Å². The standard InChI is InChI=1S/C21H25N3O4/c1-14(20(26)22-12-11-15-7-3-2-4-8-15)28-19(25)13-18-16-9-5-6-10-17(16)21(27)24-23-18/h5-7,9-10,14H,2-4,8,11-13H2,1H3,(H,22,26)(H,24,27)/t14-/m1/s1. The Labute approximate surface area is 163 Å². The number of hydrogen-bond acceptors (Lipinski definition) is 5. The van der Waals surface area contributed by atoms with Gasteiger partial charge in [0.25, 0.3) is 11.5 Å². The van der Waals surface area contributed by atoms with Gasteiger partial charge in [-0.25, -0.2) is 5.10 Å². The molecule has 0 unspecified atom stereocenters. The van der Waals surface area contributed by atoms with Crippen molar-refractivity contribution in [1.29, 1.82) is 0 Å². The first-order valence-corrected chi connectivity index (χ1v) is 9.66. The zero-order chi connectivity index (χ0) is 19.9. The fourth-order valence-corrected chi connectivity index (χ4v) is 3.36. The summed E-state index contributed by atoms with van der Waals surface area (Å²) in [5.41, 5.74) is 1.48. The highest BCUT2D eigenvalue weighted by Crippen LogP contribution is 2.19. The monoisotopic (exact) mass is 383 g/mol. The number of allylic oxidation sites excluding steroid dienone is 1. The maximum absolute atomic E-state index is 12.2. The van der Waals surface area contributed by atoms with Crippen LogP contribution in [0, 0.1) is 0 Å². The average Bonchev–Trinajstić information content (AvgIpc) is 2.71. The van der Waals surface area contributed by atoms with Crippen molar-refractivity contribution >= 4 is 22.6 Å². The lowest BCUT2D eigenvalue weighted by atomic mass is 9.97. The van der Waals surface area contributed by atoms with E-state index in [1.165, 1.54) is 18.4 Å². The van der Waals surface area contributed by atoms with E-state index in [9.17, 15) is 14.4 Å². The number of nitrogens with one attached hydrogen (secondary N) is 2. The molecule has 1 heterocycles. The molecular weight excluding hydrogens is 358 g/mol. The van der Waals surface area contributed by atoms with Crippen LogP contribution < -0.4 is 10.9 Å². The van der Waals surface area contributed by atoms with Crippen molar-refractivity contribution in [2.24, 2.45) is 0 Å². The van der Waals surface area contributed by atoms with Crippen LogP contribution in [0.5, 0.6) is 0 Å². The predicted molar refractivity (Wildman–Crippen MR) is 106 cm³/mol. The summed E-state index contributed by atoms with van der Waals surface area (Å²) in [6.07, 6.45) is 6.73. The van der Waals surface area contributed by atoms with Crippen molar-refractivity contribution in [3.8, 4) is 0 Å². The summed E-state index contributed by atoms with van der Waals surface area (Å²) in [5.74, 6) is -0.883. The normalized spacial score (nSPS) is 15.0. The van der Waals surface area contributed by atoms with Gasteiger partial charge in [-0.15, -0.1) is 0 Å². The van der Waals surface area contributed by atoms with Crippen LogP contribution in [0.2, 0.25) is 0 Å². The van der Waals surface area contributed by atoms with Gasteiger partial charge >= 0.3 is 5.97 Å². The number of hydrogen-bond donors (Lipinski definition) is 2. The molecule has 1 aliphatic carbocycles. The molecular formula is C21H25N3O4. The number of esters is 1. The molecule has 0 radical (unpaired) electrons. The summed E-state index contributed by atoms with van der Waals surface area (Å²) < 4.78 is 5.24. The lowest BCUT2D eigenvalue weighted by molar-refractivity contribution is -0.154. The summed E-state index contributed by atoms with van der Waals surface area (Å²) in [7, 11) is 0. The second-order valence-electron chi connectivity index (χ2n) is 7.00. The smallest absolute Gasteiger partial charge is 0.312 e. The Balaban J connectivity index is 1.51. The number of rotatable bonds is 7. The van der Waals surface area contributed by atoms with E-state index in [1.54, 1.807) is 31.2 Å². The number of aromatic amines is 1. The third-order valence-corrected chi connectivity index (χ3v) is 4.89. The molecule has 0 saturated carbocycles. The summed E-state index contributed by atoms with van der Waals surface area (Å²) in [6, 6.07) is 6.92. The summed E-state index contributed by atoms with van der Waals surface area (Å²) >= 11 is 0. The first-order valence-electron chi connectivity index (χ1n) is 9.66. The largest absolute Gasteiger partial charge is 0.452 e. The van der Waals surface area contributed by atoms with E-state index in [0.29, 0.717) is 23.0 Å². The number of carbonyl (C=O) groups excluding carboxylic acids is 2. The first kappa shape index (κ1) is 19.8. The molecule has 7 heteroatoms. The molecule has 3 rings (SSSR count). The number of carbonyl (C=O) groups is 2. The maximum Gasteiger partial charge on any atom is 0.312 e. The Bertz CT molecular complexity index is 948. The van der Waals surface area contributed by atoms with E-state index in [2.05, 4.69) is 21.6 Å². The van der Waals surface area contributed by atoms with Gasteiger partial charge in [0.15, 0.2) is 6.10 Å². The lowest BCUT2D eigenvalue weighted by Crippen LogP contribution is -2.36. The fraction of sp³-hybridized carbons (Fsp3) is 0.429. The Morgan fingerprint density at radius 3 is 2.79 bits per heavy atom. The van der Waals surface area contributed by atoms with Crippen molar-refractivity contribution in [3.05, 3.63) is 52.0 Å². The van der Waals surface area contributed by atoms with Crippen LogP contribution in [0.1, 0.15) is 44.7 Å². The minimum atomic E-state index is -0.887. The topological polar surface area (TPSA) is 101 Å². The van der Waals surface area contributed by atoms with Crippen molar-refractivity contribution < 1.29 is 14.3 Å². The van der Waals surface area contributed by atoms with Gasteiger partial charge in [-0.2, -0.15) is 5.10 Å². The number of amides is 1. The predicted octanol–water partition coefficient (Wildman–Crippen LogP) is 2.40. The highest BCUT2D eigenvalue weighted by Gasteiger charge is 2.19. The molecule has 2 aromatic rings. The van der Waals surface area contributed by atoms with E-state index in [0.717, 1.165) is 19.3 Å². The number of H-pyrrole nitrogens is 1. The van der Waals surface area contributed by atoms with Crippen molar-refractivity contribution in [1.82, 2.24) is 15.5 Å². The van der Waals surface area contributed by atoms with Crippen LogP contribution in [0.25, 0.3) is 10.8 Å². The first-order chi connectivity index (χ1) is 13.5. The molecule has 0 fully saturated rings. The van der Waals surface area contributed by atoms with Crippen molar-refractivity contribution in [2.75, 3.05) is 6.54 Å². The Hall–Kier alpha value is -2.96. The lowest BCUT2D eigenvalue weighted by Gasteiger charge is -2.15. The molecule has 1 aliphatic rings. The van der Waals surface area contributed by atoms with Crippen molar-refractivity contribution in [3.63, 3.8) is 0 Å². The number of fused-ring (bicyclic) bond motifs is 1. The number of nitrogens with zero attached hydrogens (tertiary/aromatic N) is 1. The van der Waals surface area contributed by atoms with Gasteiger partial charge in [0.1, 0.15) is 0 Å². The molecule has 0 spiro atoms. The van der Waals surface area contributed by atoms with E-state index in [1.807, 2.05) is 0 Å². The molecule has 1 atom stereocenters. The van der Waals surface area contributed by atoms with E-state index in [4.69, 9.17) is 4.74 Å². The van der Waals surface area contributed by atoms with Crippen LogP contribution in [0.3, 0.4) is 0 Å². The minimum Gasteiger partial charge on any atom is -0.452 e. The Morgan fingerprint density at radius 1 is 1.25 bits per heavy atom. The van der Waals surface area contributed by atoms with Crippen LogP contribution in [0.15, 0.2) is 40.7 Å². The van der Waals surface area contributed by atoms with Gasteiger partial charge in [-0.05, 0) is 45.1 Å². The highest BCUT2D eigenvalue weighted by atomic mass is 16.5. The van der Waals surface area contributed by atoms with Crippen LogP contribution in [-0.4, -0.2) is 34.7 Å². The Kier molecular flexibility index (Phi) is 6.57. The number of ether oxygens (including phenoxy) is 1. The van der Waals surface area contributed by atoms with Crippen LogP contribution in [-0.2, 0) is 20.7 Å². The third-order valence-electron chi connectivity index (χ3n) is 4.89. The molecule has 0 saturated heterocycles. The second kappa shape index (κ2) is 9.30. The van der Waals surface area contributed by atoms with E-state index >= 15 is 0 Å². The third kappa shape index (κ3) is 5.06. The number of benzene rings is 1. The molecule has 2 N–H and O–H groups in total. The molecule has 1 aromatic carbocycles. The van der Waals surface area contributed by atoms with Crippen LogP contribution in [0.4, 0.5) is 0 Å². The summed E-state index contributed by atoms with van der Waals surface area (Å²) in [6.45, 7) is 2.09. The van der Waals surface area contributed by atoms with Crippen molar-refractivity contribution in [2.45, 2.75) is 51.6 Å². The molecule has 148 valence electrons. The van der Waals surface area contributed by atoms with E-state index < -0.39 is 12.1 Å². The van der Waals surface area contributed by atoms with Gasteiger partial charge in [0.05, 0.1) is 17.5 Å². The molecule has 28 heavy (non-hydrogen) atoms. The molecule has 1 aromatic heterocycles. The SMILES string of the molecule is C[C@@H](OC(=O)Cc1n[nH]c(=O)c2ccccc12)C(=O)NCCC1=CCCCC1. The van der Waals surface area contributed by atoms with E-state index in [-0.39, 0.29) is 17.9 Å². The summed E-state index contributed by atoms with van der Waals surface area (Å²) in [4.78, 5) is 36.2. The zero-order valence-corrected chi connectivity index (χ0v) is 16.0.